The van der Waals surface area contributed by atoms with Gasteiger partial charge in [-0.05, 0) is 72.5 Å². The van der Waals surface area contributed by atoms with Crippen LogP contribution in [0, 0.1) is 0 Å². The maximum Gasteiger partial charge on any atom is 0.335 e. The van der Waals surface area contributed by atoms with Gasteiger partial charge in [-0.25, -0.2) is 9.59 Å². The number of hydrogen-bond donors (Lipinski definition) is 2. The lowest BCUT2D eigenvalue weighted by molar-refractivity contribution is -0.130. The van der Waals surface area contributed by atoms with E-state index in [0.29, 0.717) is 47.3 Å². The largest absolute Gasteiger partial charge is 0.493 e. The van der Waals surface area contributed by atoms with E-state index in [-0.39, 0.29) is 24.3 Å². The molecule has 3 aromatic rings. The molecule has 2 N–H and O–H groups in total. The van der Waals surface area contributed by atoms with E-state index in [1.807, 2.05) is 6.92 Å². The Kier molecular flexibility index (Phi) is 10.00. The molecule has 4 amide bonds. The number of amides is 4. The molecule has 1 aliphatic heterocycles. The summed E-state index contributed by atoms with van der Waals surface area (Å²) in [5.41, 5.74) is 1.80. The Morgan fingerprint density at radius 3 is 2.23 bits per heavy atom. The number of urea groups is 1. The molecule has 3 aromatic carbocycles. The van der Waals surface area contributed by atoms with Gasteiger partial charge in [0, 0.05) is 0 Å². The van der Waals surface area contributed by atoms with Gasteiger partial charge in [0.25, 0.3) is 11.8 Å². The molecule has 1 saturated heterocycles. The van der Waals surface area contributed by atoms with Crippen molar-refractivity contribution in [1.29, 1.82) is 0 Å². The van der Waals surface area contributed by atoms with E-state index in [2.05, 4.69) is 5.32 Å². The van der Waals surface area contributed by atoms with E-state index in [0.717, 1.165) is 16.9 Å². The number of hydrogen-bond acceptors (Lipinski definition) is 8. The fourth-order valence-electron chi connectivity index (χ4n) is 4.24. The lowest BCUT2D eigenvalue weighted by atomic mass is 10.1. The van der Waals surface area contributed by atoms with Gasteiger partial charge >= 0.3 is 12.0 Å². The summed E-state index contributed by atoms with van der Waals surface area (Å²) in [6, 6.07) is 15.5. The van der Waals surface area contributed by atoms with Crippen molar-refractivity contribution in [3.8, 4) is 23.0 Å². The van der Waals surface area contributed by atoms with Crippen LogP contribution in [0.2, 0.25) is 0 Å². The maximum atomic E-state index is 13.3. The number of aromatic carboxylic acids is 1. The Morgan fingerprint density at radius 1 is 0.860 bits per heavy atom. The number of imide groups is 2. The van der Waals surface area contributed by atoms with Crippen molar-refractivity contribution >= 4 is 29.9 Å². The predicted molar refractivity (Wildman–Crippen MR) is 156 cm³/mol. The molecule has 1 fully saturated rings. The number of barbiturate groups is 1. The number of carboxylic acids is 1. The second kappa shape index (κ2) is 14.0. The minimum atomic E-state index is -1.01. The van der Waals surface area contributed by atoms with Crippen LogP contribution < -0.4 is 24.3 Å². The molecular weight excluding hydrogens is 556 g/mol. The molecule has 43 heavy (non-hydrogen) atoms. The minimum Gasteiger partial charge on any atom is -0.493 e. The summed E-state index contributed by atoms with van der Waals surface area (Å²) in [6.45, 7) is 4.70. The SMILES string of the molecule is CCCOc1ccc(CN2C(=O)NC(=O)/C(=C\c3ccc(OCc4ccc(C(=O)O)cc4)c(OCC)c3)C2=O)cc1OC. The van der Waals surface area contributed by atoms with Crippen molar-refractivity contribution in [3.63, 3.8) is 0 Å². The first-order chi connectivity index (χ1) is 20.7. The van der Waals surface area contributed by atoms with Crippen LogP contribution in [-0.4, -0.2) is 54.1 Å². The van der Waals surface area contributed by atoms with E-state index in [1.165, 1.54) is 25.3 Å². The Labute approximate surface area is 248 Å². The maximum absolute atomic E-state index is 13.3. The van der Waals surface area contributed by atoms with E-state index in [4.69, 9.17) is 24.1 Å². The van der Waals surface area contributed by atoms with Crippen LogP contribution in [0.15, 0.2) is 66.2 Å². The highest BCUT2D eigenvalue weighted by Gasteiger charge is 2.36. The third-order valence-electron chi connectivity index (χ3n) is 6.39. The molecule has 0 aromatic heterocycles. The van der Waals surface area contributed by atoms with Crippen LogP contribution in [-0.2, 0) is 22.7 Å². The van der Waals surface area contributed by atoms with Crippen molar-refractivity contribution in [2.45, 2.75) is 33.4 Å². The highest BCUT2D eigenvalue weighted by atomic mass is 16.5. The zero-order valence-electron chi connectivity index (χ0n) is 24.0. The summed E-state index contributed by atoms with van der Waals surface area (Å²) in [7, 11) is 1.50. The molecule has 0 spiro atoms. The van der Waals surface area contributed by atoms with E-state index >= 15 is 0 Å². The third-order valence-corrected chi connectivity index (χ3v) is 6.39. The van der Waals surface area contributed by atoms with Crippen LogP contribution in [0.4, 0.5) is 4.79 Å². The average molecular weight is 589 g/mol. The van der Waals surface area contributed by atoms with Crippen molar-refractivity contribution in [1.82, 2.24) is 10.2 Å². The molecule has 4 rings (SSSR count). The van der Waals surface area contributed by atoms with Gasteiger partial charge in [-0.2, -0.15) is 0 Å². The summed E-state index contributed by atoms with van der Waals surface area (Å²) in [5, 5.41) is 11.3. The Balaban J connectivity index is 1.53. The fourth-order valence-corrected chi connectivity index (χ4v) is 4.24. The molecule has 11 nitrogen and oxygen atoms in total. The van der Waals surface area contributed by atoms with Crippen LogP contribution in [0.5, 0.6) is 23.0 Å². The molecule has 0 atom stereocenters. The monoisotopic (exact) mass is 588 g/mol. The van der Waals surface area contributed by atoms with Crippen LogP contribution in [0.25, 0.3) is 6.08 Å². The topological polar surface area (TPSA) is 141 Å². The van der Waals surface area contributed by atoms with Crippen LogP contribution >= 0.6 is 0 Å². The Hall–Kier alpha value is -5.32. The molecule has 0 saturated carbocycles. The van der Waals surface area contributed by atoms with Crippen molar-refractivity contribution in [3.05, 3.63) is 88.5 Å². The predicted octanol–water partition coefficient (Wildman–Crippen LogP) is 4.82. The number of methoxy groups -OCH3 is 1. The van der Waals surface area contributed by atoms with Gasteiger partial charge in [-0.1, -0.05) is 31.2 Å². The van der Waals surface area contributed by atoms with E-state index in [1.54, 1.807) is 55.5 Å². The summed E-state index contributed by atoms with van der Waals surface area (Å²) >= 11 is 0. The van der Waals surface area contributed by atoms with Crippen LogP contribution in [0.1, 0.15) is 47.3 Å². The number of carbonyl (C=O) groups is 4. The van der Waals surface area contributed by atoms with Gasteiger partial charge in [0.15, 0.2) is 23.0 Å². The third kappa shape index (κ3) is 7.50. The summed E-state index contributed by atoms with van der Waals surface area (Å²) in [4.78, 5) is 50.7. The van der Waals surface area contributed by atoms with Crippen molar-refractivity contribution in [2.75, 3.05) is 20.3 Å². The van der Waals surface area contributed by atoms with Gasteiger partial charge in [0.05, 0.1) is 32.4 Å². The number of nitrogens with zero attached hydrogens (tertiary/aromatic N) is 1. The second-order valence-electron chi connectivity index (χ2n) is 9.47. The number of carboxylic acid groups (broad SMARTS) is 1. The first kappa shape index (κ1) is 30.6. The zero-order valence-corrected chi connectivity index (χ0v) is 24.0. The molecule has 224 valence electrons. The van der Waals surface area contributed by atoms with Crippen molar-refractivity contribution < 1.29 is 43.2 Å². The number of rotatable bonds is 13. The average Bonchev–Trinajstić information content (AvgIpc) is 3.00. The van der Waals surface area contributed by atoms with Crippen molar-refractivity contribution in [2.24, 2.45) is 0 Å². The van der Waals surface area contributed by atoms with E-state index < -0.39 is 23.8 Å². The summed E-state index contributed by atoms with van der Waals surface area (Å²) in [6.07, 6.45) is 2.21. The van der Waals surface area contributed by atoms with Gasteiger partial charge in [0.1, 0.15) is 12.2 Å². The molecule has 1 aliphatic rings. The fraction of sp³-hybridized carbons (Fsp3) is 0.250. The molecule has 0 bridgehead atoms. The molecule has 0 unspecified atom stereocenters. The standard InChI is InChI=1S/C32H32N2O9/c1-4-14-42-25-13-9-22(17-27(25)40-3)18-34-30(36)24(29(35)33-32(34)39)15-21-8-12-26(28(16-21)41-5-2)43-19-20-6-10-23(11-7-20)31(37)38/h6-13,15-17H,4-5,14,18-19H2,1-3H3,(H,37,38)(H,33,35,39)/b24-15+. The van der Waals surface area contributed by atoms with Gasteiger partial charge < -0.3 is 24.1 Å². The number of carbonyl (C=O) groups excluding carboxylic acids is 3. The molecular formula is C32H32N2O9. The first-order valence-corrected chi connectivity index (χ1v) is 13.6. The van der Waals surface area contributed by atoms with E-state index in [9.17, 15) is 19.2 Å². The van der Waals surface area contributed by atoms with Gasteiger partial charge in [-0.15, -0.1) is 0 Å². The highest BCUT2D eigenvalue weighted by molar-refractivity contribution is 6.31. The highest BCUT2D eigenvalue weighted by Crippen LogP contribution is 2.32. The lowest BCUT2D eigenvalue weighted by Gasteiger charge is -2.26. The normalized spacial score (nSPS) is 14.0. The number of benzene rings is 3. The van der Waals surface area contributed by atoms with Crippen LogP contribution in [0.3, 0.4) is 0 Å². The number of ether oxygens (including phenoxy) is 4. The molecule has 0 aliphatic carbocycles. The van der Waals surface area contributed by atoms with Gasteiger partial charge in [-0.3, -0.25) is 19.8 Å². The van der Waals surface area contributed by atoms with Gasteiger partial charge in [0.2, 0.25) is 0 Å². The summed E-state index contributed by atoms with van der Waals surface area (Å²) in [5.74, 6) is -0.758. The molecule has 1 heterocycles. The smallest absolute Gasteiger partial charge is 0.335 e. The lowest BCUT2D eigenvalue weighted by Crippen LogP contribution is -2.53. The number of nitrogens with one attached hydrogen (secondary N) is 1. The zero-order chi connectivity index (χ0) is 30.9. The Morgan fingerprint density at radius 2 is 1.56 bits per heavy atom. The second-order valence-corrected chi connectivity index (χ2v) is 9.47. The summed E-state index contributed by atoms with van der Waals surface area (Å²) < 4.78 is 22.7. The minimum absolute atomic E-state index is 0.0931. The molecule has 11 heteroatoms. The quantitative estimate of drug-likeness (QED) is 0.212. The molecule has 0 radical (unpaired) electrons. The first-order valence-electron chi connectivity index (χ1n) is 13.6. The Bertz CT molecular complexity index is 1550.